The molecule has 0 radical (unpaired) electrons. The van der Waals surface area contributed by atoms with Crippen LogP contribution in [0, 0.1) is 0 Å². The molecule has 0 amide bonds. The highest BCUT2D eigenvalue weighted by atomic mass is 32.2. The van der Waals surface area contributed by atoms with Crippen LogP contribution in [0.4, 0.5) is 0 Å². The number of carbonyl (C=O) groups excluding carboxylic acids is 1. The van der Waals surface area contributed by atoms with Gasteiger partial charge in [-0.1, -0.05) is 5.16 Å². The normalized spacial score (nSPS) is 21.4. The first-order valence-corrected chi connectivity index (χ1v) is 7.28. The maximum atomic E-state index is 10.8. The van der Waals surface area contributed by atoms with Gasteiger partial charge in [-0.2, -0.15) is 8.42 Å². The van der Waals surface area contributed by atoms with E-state index in [9.17, 15) is 8.42 Å². The number of benzene rings is 1. The lowest BCUT2D eigenvalue weighted by Crippen LogP contribution is -2.24. The molecular formula is C12H14NO4S+. The maximum absolute atomic E-state index is 10.8. The summed E-state index contributed by atoms with van der Waals surface area (Å²) in [4.78, 5) is 0. The molecule has 1 aliphatic rings. The van der Waals surface area contributed by atoms with E-state index in [2.05, 4.69) is 16.2 Å². The minimum atomic E-state index is -3.53. The van der Waals surface area contributed by atoms with Gasteiger partial charge in [0.1, 0.15) is 0 Å². The molecule has 0 bridgehead atoms. The van der Waals surface area contributed by atoms with Gasteiger partial charge in [-0.25, -0.2) is 4.42 Å². The quantitative estimate of drug-likeness (QED) is 0.619. The Morgan fingerprint density at radius 1 is 1.39 bits per heavy atom. The van der Waals surface area contributed by atoms with Gasteiger partial charge in [0.15, 0.2) is 0 Å². The molecule has 0 aliphatic heterocycles. The summed E-state index contributed by atoms with van der Waals surface area (Å²) < 4.78 is 31.0. The van der Waals surface area contributed by atoms with Gasteiger partial charge in [-0.15, -0.1) is 0 Å². The van der Waals surface area contributed by atoms with Gasteiger partial charge in [0, 0.05) is 18.1 Å². The summed E-state index contributed by atoms with van der Waals surface area (Å²) in [5, 5.41) is 3.69. The van der Waals surface area contributed by atoms with E-state index in [0.29, 0.717) is 5.75 Å². The standard InChI is InChI=1S/C12H14NO4S/c1-16-10-5-3-9(4-6-10)11-7-8-12(11)13-17-18(2,14)15/h3-6,11H,1,7-8H2,2H3/q+1/b13-12+. The topological polar surface area (TPSA) is 67.0 Å². The summed E-state index contributed by atoms with van der Waals surface area (Å²) in [6.45, 7) is 3.33. The van der Waals surface area contributed by atoms with Crippen LogP contribution < -0.4 is 0 Å². The molecule has 0 spiro atoms. The fraction of sp³-hybridized carbons (Fsp3) is 0.333. The summed E-state index contributed by atoms with van der Waals surface area (Å²) in [7, 11) is -3.53. The Labute approximate surface area is 106 Å². The van der Waals surface area contributed by atoms with Crippen molar-refractivity contribution in [1.82, 2.24) is 0 Å². The van der Waals surface area contributed by atoms with Crippen LogP contribution in [0.25, 0.3) is 0 Å². The van der Waals surface area contributed by atoms with E-state index in [1.54, 1.807) is 0 Å². The first-order valence-electron chi connectivity index (χ1n) is 5.47. The zero-order chi connectivity index (χ0) is 13.2. The first kappa shape index (κ1) is 12.8. The van der Waals surface area contributed by atoms with Gasteiger partial charge in [-0.05, 0) is 30.5 Å². The van der Waals surface area contributed by atoms with Crippen molar-refractivity contribution in [3.8, 4) is 5.75 Å². The number of hydrogen-bond acceptors (Lipinski definition) is 4. The summed E-state index contributed by atoms with van der Waals surface area (Å²) in [5.74, 6) is 0.814. The van der Waals surface area contributed by atoms with E-state index in [0.717, 1.165) is 30.4 Å². The Morgan fingerprint density at radius 2 is 2.06 bits per heavy atom. The van der Waals surface area contributed by atoms with Crippen molar-refractivity contribution in [2.24, 2.45) is 5.16 Å². The van der Waals surface area contributed by atoms with Crippen LogP contribution >= 0.6 is 0 Å². The van der Waals surface area contributed by atoms with Crippen LogP contribution in [0.5, 0.6) is 5.75 Å². The first-order chi connectivity index (χ1) is 8.49. The molecule has 5 nitrogen and oxygen atoms in total. The molecule has 6 heteroatoms. The van der Waals surface area contributed by atoms with Gasteiger partial charge in [0.2, 0.25) is 0 Å². The van der Waals surface area contributed by atoms with E-state index in [-0.39, 0.29) is 5.92 Å². The van der Waals surface area contributed by atoms with Gasteiger partial charge >= 0.3 is 15.9 Å². The lowest BCUT2D eigenvalue weighted by Gasteiger charge is -2.27. The lowest BCUT2D eigenvalue weighted by molar-refractivity contribution is -0.354. The minimum absolute atomic E-state index is 0.130. The average Bonchev–Trinajstić information content (AvgIpc) is 2.27. The van der Waals surface area contributed by atoms with E-state index in [1.165, 1.54) is 0 Å². The number of oxime groups is 1. The molecule has 0 heterocycles. The second kappa shape index (κ2) is 4.89. The lowest BCUT2D eigenvalue weighted by atomic mass is 9.78. The zero-order valence-electron chi connectivity index (χ0n) is 10.00. The fourth-order valence-electron chi connectivity index (χ4n) is 1.80. The second-order valence-electron chi connectivity index (χ2n) is 4.17. The summed E-state index contributed by atoms with van der Waals surface area (Å²) in [6, 6.07) is 7.46. The predicted molar refractivity (Wildman–Crippen MR) is 68.3 cm³/mol. The summed E-state index contributed by atoms with van der Waals surface area (Å²) in [5.41, 5.74) is 1.82. The molecule has 18 heavy (non-hydrogen) atoms. The molecule has 0 aromatic heterocycles. The third kappa shape index (κ3) is 2.95. The average molecular weight is 268 g/mol. The monoisotopic (exact) mass is 268 g/mol. The van der Waals surface area contributed by atoms with Crippen LogP contribution in [-0.4, -0.2) is 27.2 Å². The van der Waals surface area contributed by atoms with Crippen molar-refractivity contribution in [2.75, 3.05) is 6.26 Å². The Hall–Kier alpha value is -1.69. The molecule has 1 saturated carbocycles. The molecule has 2 rings (SSSR count). The van der Waals surface area contributed by atoms with Crippen LogP contribution in [0.2, 0.25) is 0 Å². The van der Waals surface area contributed by atoms with Gasteiger partial charge in [0.05, 0.1) is 12.0 Å². The van der Waals surface area contributed by atoms with Gasteiger partial charge in [-0.3, -0.25) is 4.28 Å². The van der Waals surface area contributed by atoms with Crippen molar-refractivity contribution in [3.63, 3.8) is 0 Å². The highest BCUT2D eigenvalue weighted by Gasteiger charge is 2.29. The van der Waals surface area contributed by atoms with Gasteiger partial charge in [0.25, 0.3) is 6.79 Å². The molecule has 0 N–H and O–H groups in total. The Morgan fingerprint density at radius 3 is 2.50 bits per heavy atom. The van der Waals surface area contributed by atoms with Crippen LogP contribution in [0.15, 0.2) is 29.4 Å². The highest BCUT2D eigenvalue weighted by molar-refractivity contribution is 7.85. The Kier molecular flexibility index (Phi) is 3.47. The predicted octanol–water partition coefficient (Wildman–Crippen LogP) is 1.97. The van der Waals surface area contributed by atoms with Crippen molar-refractivity contribution < 1.29 is 17.1 Å². The molecule has 0 saturated heterocycles. The van der Waals surface area contributed by atoms with E-state index < -0.39 is 10.1 Å². The second-order valence-corrected chi connectivity index (χ2v) is 5.72. The minimum Gasteiger partial charge on any atom is -0.269 e. The Balaban J connectivity index is 2.12. The SMILES string of the molecule is C=[O+]c1ccc(C2CC/C2=N\OS(C)(=O)=O)cc1. The van der Waals surface area contributed by atoms with Crippen molar-refractivity contribution in [2.45, 2.75) is 18.8 Å². The molecule has 1 unspecified atom stereocenters. The third-order valence-corrected chi connectivity index (χ3v) is 3.18. The van der Waals surface area contributed by atoms with Crippen LogP contribution in [0.3, 0.4) is 0 Å². The molecule has 1 aromatic rings. The number of nitrogens with zero attached hydrogens (tertiary/aromatic N) is 1. The molecule has 96 valence electrons. The fourth-order valence-corrected chi connectivity index (χ4v) is 2.03. The summed E-state index contributed by atoms with van der Waals surface area (Å²) in [6.07, 6.45) is 2.68. The van der Waals surface area contributed by atoms with E-state index >= 15 is 0 Å². The number of hydrogen-bond donors (Lipinski definition) is 0. The van der Waals surface area contributed by atoms with Crippen molar-refractivity contribution in [3.05, 3.63) is 29.8 Å². The van der Waals surface area contributed by atoms with E-state index in [1.807, 2.05) is 24.3 Å². The zero-order valence-corrected chi connectivity index (χ0v) is 10.8. The third-order valence-electron chi connectivity index (χ3n) is 2.83. The van der Waals surface area contributed by atoms with Crippen molar-refractivity contribution >= 4 is 22.6 Å². The molecular weight excluding hydrogens is 254 g/mol. The summed E-state index contributed by atoms with van der Waals surface area (Å²) >= 11 is 0. The maximum Gasteiger partial charge on any atom is 0.351 e. The molecule has 1 aliphatic carbocycles. The number of rotatable bonds is 4. The van der Waals surface area contributed by atoms with Crippen LogP contribution in [0.1, 0.15) is 24.3 Å². The largest absolute Gasteiger partial charge is 0.351 e. The van der Waals surface area contributed by atoms with E-state index in [4.69, 9.17) is 4.42 Å². The smallest absolute Gasteiger partial charge is 0.269 e. The molecule has 1 fully saturated rings. The Bertz CT molecular complexity index is 575. The molecule has 1 atom stereocenters. The van der Waals surface area contributed by atoms with Gasteiger partial charge < -0.3 is 0 Å². The molecule has 1 aromatic carbocycles. The highest BCUT2D eigenvalue weighted by Crippen LogP contribution is 2.35. The van der Waals surface area contributed by atoms with Crippen molar-refractivity contribution in [1.29, 1.82) is 0 Å². The van der Waals surface area contributed by atoms with Crippen LogP contribution in [-0.2, 0) is 18.8 Å².